The molecule has 2 atom stereocenters. The first kappa shape index (κ1) is 79.3. The summed E-state index contributed by atoms with van der Waals surface area (Å²) in [4.78, 5) is 24.6. The quantitative estimate of drug-likeness (QED) is 0.0320. The van der Waals surface area contributed by atoms with Crippen molar-refractivity contribution >= 4 is 11.9 Å². The molecule has 1 amide bonds. The Bertz CT molecular complexity index is 1270. The fraction of sp³-hybridized carbons (Fsp3) is 0.920. The minimum Gasteiger partial charge on any atom is -0.466 e. The van der Waals surface area contributed by atoms with Crippen LogP contribution in [0.4, 0.5) is 0 Å². The van der Waals surface area contributed by atoms with E-state index in [1.807, 2.05) is 6.08 Å². The van der Waals surface area contributed by atoms with Gasteiger partial charge in [0, 0.05) is 12.8 Å². The van der Waals surface area contributed by atoms with Crippen LogP contribution in [0.5, 0.6) is 0 Å². The van der Waals surface area contributed by atoms with Crippen molar-refractivity contribution in [2.45, 2.75) is 431 Å². The largest absolute Gasteiger partial charge is 0.466 e. The molecule has 480 valence electrons. The second kappa shape index (κ2) is 70.8. The topological polar surface area (TPSA) is 95.9 Å². The van der Waals surface area contributed by atoms with E-state index >= 15 is 0 Å². The Balaban J connectivity index is 3.40. The van der Waals surface area contributed by atoms with Gasteiger partial charge in [-0.3, -0.25) is 9.59 Å². The summed E-state index contributed by atoms with van der Waals surface area (Å²) in [6.45, 7) is 4.95. The molecule has 0 spiro atoms. The van der Waals surface area contributed by atoms with Crippen LogP contribution < -0.4 is 5.32 Å². The van der Waals surface area contributed by atoms with Crippen molar-refractivity contribution in [1.29, 1.82) is 0 Å². The van der Waals surface area contributed by atoms with Crippen LogP contribution in [0.2, 0.25) is 0 Å². The highest BCUT2D eigenvalue weighted by Gasteiger charge is 2.18. The molecule has 0 radical (unpaired) electrons. The molecule has 81 heavy (non-hydrogen) atoms. The molecule has 6 nitrogen and oxygen atoms in total. The van der Waals surface area contributed by atoms with Crippen molar-refractivity contribution in [1.82, 2.24) is 5.32 Å². The molecule has 3 N–H and O–H groups in total. The second-order valence-electron chi connectivity index (χ2n) is 25.6. The molecule has 0 aliphatic heterocycles. The molecular formula is C75H145NO5. The molecular weight excluding hydrogens is 995 g/mol. The minimum atomic E-state index is -0.846. The maximum atomic E-state index is 12.5. The number of allylic oxidation sites excluding steroid dienone is 3. The highest BCUT2D eigenvalue weighted by atomic mass is 16.5. The number of rotatable bonds is 70. The van der Waals surface area contributed by atoms with E-state index in [1.165, 1.54) is 353 Å². The SMILES string of the molecule is CCCCCCCCCCCCCCCCCCCCCCC/C=C/C(O)C(CO)NC(=O)CCCCCCCCCCCCC/C=C\CCCCCCCCCCCCCCOC(=O)CCCCCCCCCCCCCCCC. The average Bonchev–Trinajstić information content (AvgIpc) is 3.47. The lowest BCUT2D eigenvalue weighted by Gasteiger charge is -2.20. The summed E-state index contributed by atoms with van der Waals surface area (Å²) in [6, 6.07) is -0.630. The number of amides is 1. The summed E-state index contributed by atoms with van der Waals surface area (Å²) in [6.07, 6.45) is 89.8. The number of nitrogens with one attached hydrogen (secondary N) is 1. The van der Waals surface area contributed by atoms with Gasteiger partial charge in [-0.15, -0.1) is 0 Å². The van der Waals surface area contributed by atoms with Gasteiger partial charge in [0.2, 0.25) is 5.91 Å². The van der Waals surface area contributed by atoms with Crippen LogP contribution in [0.15, 0.2) is 24.3 Å². The number of ether oxygens (including phenoxy) is 1. The summed E-state index contributed by atoms with van der Waals surface area (Å²) in [5.74, 6) is -0.0462. The van der Waals surface area contributed by atoms with Crippen LogP contribution in [0.1, 0.15) is 418 Å². The molecule has 0 aliphatic rings. The van der Waals surface area contributed by atoms with Crippen LogP contribution in [0.3, 0.4) is 0 Å². The van der Waals surface area contributed by atoms with Crippen molar-refractivity contribution in [3.8, 4) is 0 Å². The van der Waals surface area contributed by atoms with Gasteiger partial charge in [-0.1, -0.05) is 372 Å². The molecule has 2 unspecified atom stereocenters. The Kier molecular flexibility index (Phi) is 69.4. The first-order valence-corrected chi connectivity index (χ1v) is 37.1. The zero-order valence-electron chi connectivity index (χ0n) is 55.0. The monoisotopic (exact) mass is 1140 g/mol. The Labute approximate surface area is 507 Å². The van der Waals surface area contributed by atoms with E-state index in [4.69, 9.17) is 4.74 Å². The molecule has 0 aromatic rings. The molecule has 0 fully saturated rings. The highest BCUT2D eigenvalue weighted by molar-refractivity contribution is 5.76. The number of carbonyl (C=O) groups excluding carboxylic acids is 2. The third kappa shape index (κ3) is 67.3. The molecule has 0 aromatic carbocycles. The smallest absolute Gasteiger partial charge is 0.305 e. The lowest BCUT2D eigenvalue weighted by molar-refractivity contribution is -0.143. The van der Waals surface area contributed by atoms with E-state index < -0.39 is 12.1 Å². The standard InChI is InChI=1S/C75H145NO5/c1-3-5-7-9-11-13-15-17-19-20-21-22-28-31-34-37-40-43-47-51-55-59-63-67-73(78)72(71-77)76-74(79)68-64-60-56-52-48-44-41-38-35-32-29-26-24-23-25-27-30-33-36-39-42-46-50-54-58-62-66-70-81-75(80)69-65-61-57-53-49-45-18-16-14-12-10-8-6-4-2/h23-24,63,67,72-73,77-78H,3-22,25-62,64-66,68-71H2,1-2H3,(H,76,79)/b24-23-,67-63+. The first-order chi connectivity index (χ1) is 40.0. The van der Waals surface area contributed by atoms with E-state index in [-0.39, 0.29) is 18.5 Å². The van der Waals surface area contributed by atoms with Gasteiger partial charge >= 0.3 is 5.97 Å². The first-order valence-electron chi connectivity index (χ1n) is 37.1. The summed E-state index contributed by atoms with van der Waals surface area (Å²) in [5.41, 5.74) is 0. The Morgan fingerprint density at radius 3 is 0.877 bits per heavy atom. The van der Waals surface area contributed by atoms with Gasteiger partial charge in [0.15, 0.2) is 0 Å². The Morgan fingerprint density at radius 2 is 0.580 bits per heavy atom. The van der Waals surface area contributed by atoms with Crippen LogP contribution in [-0.4, -0.2) is 47.4 Å². The number of unbranched alkanes of at least 4 members (excludes halogenated alkanes) is 57. The number of esters is 1. The Hall–Kier alpha value is -1.66. The van der Waals surface area contributed by atoms with Crippen molar-refractivity contribution < 1.29 is 24.5 Å². The fourth-order valence-electron chi connectivity index (χ4n) is 11.8. The summed E-state index contributed by atoms with van der Waals surface area (Å²) >= 11 is 0. The second-order valence-corrected chi connectivity index (χ2v) is 25.6. The third-order valence-corrected chi connectivity index (χ3v) is 17.5. The lowest BCUT2D eigenvalue weighted by atomic mass is 10.0. The van der Waals surface area contributed by atoms with Gasteiger partial charge in [-0.25, -0.2) is 0 Å². The van der Waals surface area contributed by atoms with E-state index in [0.29, 0.717) is 19.4 Å². The lowest BCUT2D eigenvalue weighted by Crippen LogP contribution is -2.45. The number of aliphatic hydroxyl groups is 2. The van der Waals surface area contributed by atoms with Gasteiger partial charge in [0.05, 0.1) is 25.4 Å². The van der Waals surface area contributed by atoms with Crippen LogP contribution in [-0.2, 0) is 14.3 Å². The summed E-state index contributed by atoms with van der Waals surface area (Å²) in [7, 11) is 0. The predicted molar refractivity (Wildman–Crippen MR) is 356 cm³/mol. The van der Waals surface area contributed by atoms with E-state index in [2.05, 4.69) is 31.3 Å². The van der Waals surface area contributed by atoms with Gasteiger partial charge in [0.25, 0.3) is 0 Å². The zero-order valence-corrected chi connectivity index (χ0v) is 55.0. The zero-order chi connectivity index (χ0) is 58.5. The van der Waals surface area contributed by atoms with Gasteiger partial charge in [0.1, 0.15) is 0 Å². The highest BCUT2D eigenvalue weighted by Crippen LogP contribution is 2.19. The number of carbonyl (C=O) groups is 2. The normalized spacial score (nSPS) is 12.6. The van der Waals surface area contributed by atoms with Crippen molar-refractivity contribution in [2.24, 2.45) is 0 Å². The molecule has 0 heterocycles. The summed E-state index contributed by atoms with van der Waals surface area (Å²) in [5, 5.41) is 23.3. The fourth-order valence-corrected chi connectivity index (χ4v) is 11.8. The molecule has 0 aliphatic carbocycles. The maximum absolute atomic E-state index is 12.5. The molecule has 0 rings (SSSR count). The van der Waals surface area contributed by atoms with Crippen LogP contribution in [0, 0.1) is 0 Å². The van der Waals surface area contributed by atoms with Crippen LogP contribution >= 0.6 is 0 Å². The number of aliphatic hydroxyl groups excluding tert-OH is 2. The maximum Gasteiger partial charge on any atom is 0.305 e. The van der Waals surface area contributed by atoms with Gasteiger partial charge < -0.3 is 20.3 Å². The third-order valence-electron chi connectivity index (χ3n) is 17.5. The number of hydrogen-bond acceptors (Lipinski definition) is 5. The molecule has 0 aromatic heterocycles. The molecule has 0 bridgehead atoms. The van der Waals surface area contributed by atoms with Crippen LogP contribution in [0.25, 0.3) is 0 Å². The minimum absolute atomic E-state index is 0.0179. The average molecular weight is 1140 g/mol. The van der Waals surface area contributed by atoms with E-state index in [9.17, 15) is 19.8 Å². The van der Waals surface area contributed by atoms with Gasteiger partial charge in [-0.2, -0.15) is 0 Å². The van der Waals surface area contributed by atoms with Crippen molar-refractivity contribution in [2.75, 3.05) is 13.2 Å². The van der Waals surface area contributed by atoms with Crippen molar-refractivity contribution in [3.63, 3.8) is 0 Å². The number of hydrogen-bond donors (Lipinski definition) is 3. The molecule has 0 saturated heterocycles. The van der Waals surface area contributed by atoms with Gasteiger partial charge in [-0.05, 0) is 57.8 Å². The molecule has 6 heteroatoms. The van der Waals surface area contributed by atoms with E-state index in [0.717, 1.165) is 38.5 Å². The Morgan fingerprint density at radius 1 is 0.333 bits per heavy atom. The summed E-state index contributed by atoms with van der Waals surface area (Å²) < 4.78 is 5.49. The molecule has 0 saturated carbocycles. The van der Waals surface area contributed by atoms with Crippen molar-refractivity contribution in [3.05, 3.63) is 24.3 Å². The predicted octanol–water partition coefficient (Wildman–Crippen LogP) is 24.1. The van der Waals surface area contributed by atoms with E-state index in [1.54, 1.807) is 6.08 Å².